The molecule has 0 atom stereocenters. The third kappa shape index (κ3) is 4.22. The number of aryl methyl sites for hydroxylation is 1. The molecule has 0 aliphatic rings. The van der Waals surface area contributed by atoms with Crippen LogP contribution in [0.3, 0.4) is 0 Å². The molecule has 0 spiro atoms. The lowest BCUT2D eigenvalue weighted by molar-refractivity contribution is 0.939. The second kappa shape index (κ2) is 8.50. The molecule has 0 saturated carbocycles. The molecule has 0 unspecified atom stereocenters. The number of anilines is 1. The molecule has 0 aliphatic heterocycles. The molecule has 0 saturated heterocycles. The summed E-state index contributed by atoms with van der Waals surface area (Å²) in [7, 11) is 0. The van der Waals surface area contributed by atoms with Gasteiger partial charge in [-0.1, -0.05) is 71.9 Å². The van der Waals surface area contributed by atoms with Crippen LogP contribution in [-0.4, -0.2) is 22.8 Å². The lowest BCUT2D eigenvalue weighted by Crippen LogP contribution is -2.10. The topological polar surface area (TPSA) is 61.6 Å². The fraction of sp³-hybridized carbons (Fsp3) is 0.190. The number of aromatic nitrogens is 2. The van der Waals surface area contributed by atoms with E-state index in [4.69, 9.17) is 0 Å². The molecule has 3 aromatic rings. The van der Waals surface area contributed by atoms with Gasteiger partial charge in [0, 0.05) is 12.1 Å². The fourth-order valence-corrected chi connectivity index (χ4v) is 3.02. The predicted octanol–water partition coefficient (Wildman–Crippen LogP) is 4.70. The van der Waals surface area contributed by atoms with E-state index in [-0.39, 0.29) is 0 Å². The monoisotopic (exact) mass is 360 g/mol. The Labute approximate surface area is 158 Å². The average Bonchev–Trinajstić information content (AvgIpc) is 2.68. The summed E-state index contributed by atoms with van der Waals surface area (Å²) in [6, 6.07) is 20.6. The maximum absolute atomic E-state index is 9.72. The van der Waals surface area contributed by atoms with Crippen molar-refractivity contribution in [2.75, 3.05) is 18.1 Å². The number of nitrogens with zero attached hydrogens (tertiary/aromatic N) is 3. The second-order valence-electron chi connectivity index (χ2n) is 5.92. The zero-order valence-corrected chi connectivity index (χ0v) is 15.7. The molecular weight excluding hydrogens is 340 g/mol. The minimum absolute atomic E-state index is 0.486. The van der Waals surface area contributed by atoms with Crippen molar-refractivity contribution in [3.63, 3.8) is 0 Å². The molecule has 1 aromatic heterocycles. The molecule has 1 heterocycles. The highest BCUT2D eigenvalue weighted by atomic mass is 32.2. The Balaban J connectivity index is 1.90. The van der Waals surface area contributed by atoms with E-state index >= 15 is 0 Å². The van der Waals surface area contributed by atoms with Gasteiger partial charge < -0.3 is 5.32 Å². The van der Waals surface area contributed by atoms with Gasteiger partial charge >= 0.3 is 0 Å². The van der Waals surface area contributed by atoms with Gasteiger partial charge in [0.1, 0.15) is 17.5 Å². The summed E-state index contributed by atoms with van der Waals surface area (Å²) in [4.78, 5) is 9.09. The molecule has 3 rings (SSSR count). The molecule has 1 N–H and O–H groups in total. The predicted molar refractivity (Wildman–Crippen MR) is 107 cm³/mol. The maximum atomic E-state index is 9.72. The van der Waals surface area contributed by atoms with Gasteiger partial charge in [0.2, 0.25) is 0 Å². The lowest BCUT2D eigenvalue weighted by Gasteiger charge is -2.12. The van der Waals surface area contributed by atoms with Gasteiger partial charge in [0.25, 0.3) is 0 Å². The van der Waals surface area contributed by atoms with E-state index in [0.717, 1.165) is 12.0 Å². The van der Waals surface area contributed by atoms with Crippen LogP contribution in [0.1, 0.15) is 16.7 Å². The number of nitrogens with one attached hydrogen (secondary N) is 1. The van der Waals surface area contributed by atoms with Gasteiger partial charge in [-0.15, -0.1) is 0 Å². The Hall–Kier alpha value is -2.84. The first kappa shape index (κ1) is 18.0. The van der Waals surface area contributed by atoms with Crippen molar-refractivity contribution in [1.29, 1.82) is 5.26 Å². The van der Waals surface area contributed by atoms with E-state index in [1.54, 1.807) is 0 Å². The number of hydrogen-bond acceptors (Lipinski definition) is 5. The number of nitriles is 1. The fourth-order valence-electron chi connectivity index (χ4n) is 2.66. The van der Waals surface area contributed by atoms with E-state index in [0.29, 0.717) is 28.8 Å². The number of thioether (sulfide) groups is 1. The van der Waals surface area contributed by atoms with E-state index < -0.39 is 0 Å². The molecule has 0 radical (unpaired) electrons. The smallest absolute Gasteiger partial charge is 0.189 e. The Morgan fingerprint density at radius 1 is 1.04 bits per heavy atom. The van der Waals surface area contributed by atoms with E-state index in [9.17, 15) is 5.26 Å². The van der Waals surface area contributed by atoms with Gasteiger partial charge in [-0.2, -0.15) is 5.26 Å². The van der Waals surface area contributed by atoms with Crippen molar-refractivity contribution in [2.45, 2.75) is 18.5 Å². The second-order valence-corrected chi connectivity index (χ2v) is 6.70. The minimum atomic E-state index is 0.486. The number of hydrogen-bond donors (Lipinski definition) is 1. The van der Waals surface area contributed by atoms with Crippen LogP contribution in [0.4, 0.5) is 5.82 Å². The maximum Gasteiger partial charge on any atom is 0.189 e. The van der Waals surface area contributed by atoms with Crippen LogP contribution in [0.2, 0.25) is 0 Å². The van der Waals surface area contributed by atoms with E-state index in [1.165, 1.54) is 22.9 Å². The Morgan fingerprint density at radius 3 is 2.42 bits per heavy atom. The third-order valence-corrected chi connectivity index (χ3v) is 4.60. The first-order valence-corrected chi connectivity index (χ1v) is 9.64. The SMILES string of the molecule is CSc1nc(NCCc2ccccc2)c(C#N)c(-c2ccc(C)cc2)n1. The molecule has 2 aromatic carbocycles. The van der Waals surface area contributed by atoms with Gasteiger partial charge in [-0.25, -0.2) is 9.97 Å². The first-order chi connectivity index (χ1) is 12.7. The van der Waals surface area contributed by atoms with Crippen LogP contribution in [0, 0.1) is 18.3 Å². The van der Waals surface area contributed by atoms with Gasteiger partial charge in [-0.3, -0.25) is 0 Å². The zero-order chi connectivity index (χ0) is 18.4. The van der Waals surface area contributed by atoms with Gasteiger partial charge in [-0.05, 0) is 25.2 Å². The van der Waals surface area contributed by atoms with Crippen molar-refractivity contribution in [3.05, 3.63) is 71.3 Å². The van der Waals surface area contributed by atoms with Crippen molar-refractivity contribution in [3.8, 4) is 17.3 Å². The minimum Gasteiger partial charge on any atom is -0.368 e. The molecule has 26 heavy (non-hydrogen) atoms. The first-order valence-electron chi connectivity index (χ1n) is 8.42. The lowest BCUT2D eigenvalue weighted by atomic mass is 10.1. The quantitative estimate of drug-likeness (QED) is 0.510. The molecule has 5 heteroatoms. The summed E-state index contributed by atoms with van der Waals surface area (Å²) in [6.45, 7) is 2.75. The molecule has 0 aliphatic carbocycles. The molecule has 130 valence electrons. The summed E-state index contributed by atoms with van der Waals surface area (Å²) in [6.07, 6.45) is 2.80. The Bertz CT molecular complexity index is 915. The normalized spacial score (nSPS) is 10.3. The standard InChI is InChI=1S/C21H20N4S/c1-15-8-10-17(11-9-15)19-18(14-22)20(25-21(24-19)26-2)23-13-12-16-6-4-3-5-7-16/h3-11H,12-13H2,1-2H3,(H,23,24,25). The van der Waals surface area contributed by atoms with Crippen molar-refractivity contribution in [1.82, 2.24) is 9.97 Å². The van der Waals surface area contributed by atoms with Crippen molar-refractivity contribution in [2.24, 2.45) is 0 Å². The van der Waals surface area contributed by atoms with Gasteiger partial charge in [0.15, 0.2) is 5.16 Å². The van der Waals surface area contributed by atoms with E-state index in [1.807, 2.05) is 55.6 Å². The molecule has 0 fully saturated rings. The summed E-state index contributed by atoms with van der Waals surface area (Å²) in [5, 5.41) is 13.7. The van der Waals surface area contributed by atoms with Crippen molar-refractivity contribution < 1.29 is 0 Å². The van der Waals surface area contributed by atoms with Crippen molar-refractivity contribution >= 4 is 17.6 Å². The summed E-state index contributed by atoms with van der Waals surface area (Å²) < 4.78 is 0. The third-order valence-electron chi connectivity index (χ3n) is 4.06. The highest BCUT2D eigenvalue weighted by Gasteiger charge is 2.15. The van der Waals surface area contributed by atoms with Gasteiger partial charge in [0.05, 0.1) is 5.69 Å². The number of benzene rings is 2. The summed E-state index contributed by atoms with van der Waals surface area (Å²) >= 11 is 1.47. The Kier molecular flexibility index (Phi) is 5.88. The Morgan fingerprint density at radius 2 is 1.77 bits per heavy atom. The van der Waals surface area contributed by atoms with Crippen LogP contribution in [0.15, 0.2) is 59.8 Å². The summed E-state index contributed by atoms with van der Waals surface area (Å²) in [5.74, 6) is 0.596. The molecular formula is C21H20N4S. The highest BCUT2D eigenvalue weighted by Crippen LogP contribution is 2.28. The molecule has 4 nitrogen and oxygen atoms in total. The van der Waals surface area contributed by atoms with Crippen LogP contribution < -0.4 is 5.32 Å². The largest absolute Gasteiger partial charge is 0.368 e. The van der Waals surface area contributed by atoms with Crippen LogP contribution in [-0.2, 0) is 6.42 Å². The summed E-state index contributed by atoms with van der Waals surface area (Å²) in [5.41, 5.74) is 4.51. The number of rotatable bonds is 6. The average molecular weight is 360 g/mol. The molecule has 0 bridgehead atoms. The highest BCUT2D eigenvalue weighted by molar-refractivity contribution is 7.98. The van der Waals surface area contributed by atoms with E-state index in [2.05, 4.69) is 33.5 Å². The molecule has 0 amide bonds. The van der Waals surface area contributed by atoms with Crippen LogP contribution >= 0.6 is 11.8 Å². The van der Waals surface area contributed by atoms with Crippen LogP contribution in [0.25, 0.3) is 11.3 Å². The van der Waals surface area contributed by atoms with Crippen LogP contribution in [0.5, 0.6) is 0 Å². The zero-order valence-electron chi connectivity index (χ0n) is 14.9.